The quantitative estimate of drug-likeness (QED) is 0.749. The summed E-state index contributed by atoms with van der Waals surface area (Å²) in [5.41, 5.74) is 2.20. The number of aromatic amines is 1. The van der Waals surface area contributed by atoms with Crippen molar-refractivity contribution in [2.45, 2.75) is 6.92 Å². The molecule has 110 valence electrons. The highest BCUT2D eigenvalue weighted by molar-refractivity contribution is 5.89. The first-order valence-electron chi connectivity index (χ1n) is 6.85. The highest BCUT2D eigenvalue weighted by Crippen LogP contribution is 2.37. The molecule has 4 nitrogen and oxygen atoms in total. The van der Waals surface area contributed by atoms with Gasteiger partial charge in [-0.25, -0.2) is 4.39 Å². The standard InChI is InChI=1S/C17H12FNO3/c1-9-2-3-10(6-11(9)18)13-7-14(20)16-12(19-13)4-5-15-17(16)22-8-21-15/h2-7H,8H2,1H3,(H,19,20). The summed E-state index contributed by atoms with van der Waals surface area (Å²) < 4.78 is 24.4. The molecular formula is C17H12FNO3. The molecule has 0 radical (unpaired) electrons. The maximum absolute atomic E-state index is 13.7. The maximum atomic E-state index is 13.7. The van der Waals surface area contributed by atoms with E-state index in [1.54, 1.807) is 31.2 Å². The number of rotatable bonds is 1. The SMILES string of the molecule is Cc1ccc(-c2cc(=O)c3c4c(ccc3[nH]2)OCO4)cc1F. The minimum atomic E-state index is -0.302. The predicted octanol–water partition coefficient (Wildman–Crippen LogP) is 3.37. The molecular weight excluding hydrogens is 285 g/mol. The highest BCUT2D eigenvalue weighted by atomic mass is 19.1. The van der Waals surface area contributed by atoms with E-state index in [0.29, 0.717) is 39.2 Å². The molecule has 0 saturated heterocycles. The molecule has 0 unspecified atom stereocenters. The van der Waals surface area contributed by atoms with Crippen molar-refractivity contribution in [3.05, 3.63) is 58.0 Å². The maximum Gasteiger partial charge on any atom is 0.231 e. The van der Waals surface area contributed by atoms with Crippen LogP contribution in [0.1, 0.15) is 5.56 Å². The van der Waals surface area contributed by atoms with Gasteiger partial charge in [-0.05, 0) is 30.7 Å². The Morgan fingerprint density at radius 1 is 1.14 bits per heavy atom. The average Bonchev–Trinajstić information content (AvgIpc) is 2.98. The van der Waals surface area contributed by atoms with E-state index in [2.05, 4.69) is 4.98 Å². The number of nitrogens with one attached hydrogen (secondary N) is 1. The first-order valence-corrected chi connectivity index (χ1v) is 6.85. The third kappa shape index (κ3) is 1.86. The molecule has 0 fully saturated rings. The summed E-state index contributed by atoms with van der Waals surface area (Å²) in [6.07, 6.45) is 0. The van der Waals surface area contributed by atoms with Gasteiger partial charge in [-0.15, -0.1) is 0 Å². The zero-order valence-electron chi connectivity index (χ0n) is 11.8. The van der Waals surface area contributed by atoms with E-state index in [1.165, 1.54) is 12.1 Å². The largest absolute Gasteiger partial charge is 0.454 e. The number of hydrogen-bond donors (Lipinski definition) is 1. The Kier molecular flexibility index (Phi) is 2.69. The van der Waals surface area contributed by atoms with Gasteiger partial charge in [-0.1, -0.05) is 12.1 Å². The molecule has 0 saturated carbocycles. The number of aryl methyl sites for hydroxylation is 1. The predicted molar refractivity (Wildman–Crippen MR) is 80.8 cm³/mol. The van der Waals surface area contributed by atoms with Crippen LogP contribution in [-0.2, 0) is 0 Å². The normalized spacial score (nSPS) is 12.8. The first kappa shape index (κ1) is 12.9. The van der Waals surface area contributed by atoms with Crippen molar-refractivity contribution in [1.29, 1.82) is 0 Å². The van der Waals surface area contributed by atoms with E-state index in [4.69, 9.17) is 9.47 Å². The molecule has 0 amide bonds. The summed E-state index contributed by atoms with van der Waals surface area (Å²) in [5.74, 6) is 0.719. The molecule has 4 rings (SSSR count). The summed E-state index contributed by atoms with van der Waals surface area (Å²) in [6.45, 7) is 1.81. The second-order valence-corrected chi connectivity index (χ2v) is 5.23. The monoisotopic (exact) mass is 297 g/mol. The third-order valence-electron chi connectivity index (χ3n) is 3.81. The van der Waals surface area contributed by atoms with Gasteiger partial charge in [0, 0.05) is 17.3 Å². The number of halogens is 1. The molecule has 0 aliphatic carbocycles. The minimum absolute atomic E-state index is 0.110. The fraction of sp³-hybridized carbons (Fsp3) is 0.118. The molecule has 2 aromatic carbocycles. The second-order valence-electron chi connectivity index (χ2n) is 5.23. The van der Waals surface area contributed by atoms with Crippen LogP contribution in [0.2, 0.25) is 0 Å². The molecule has 2 heterocycles. The van der Waals surface area contributed by atoms with Crippen molar-refractivity contribution in [3.8, 4) is 22.8 Å². The summed E-state index contributed by atoms with van der Waals surface area (Å²) >= 11 is 0. The third-order valence-corrected chi connectivity index (χ3v) is 3.81. The number of ether oxygens (including phenoxy) is 2. The van der Waals surface area contributed by atoms with Crippen LogP contribution in [-0.4, -0.2) is 11.8 Å². The van der Waals surface area contributed by atoms with Gasteiger partial charge < -0.3 is 14.5 Å². The van der Waals surface area contributed by atoms with E-state index in [1.807, 2.05) is 0 Å². The zero-order valence-corrected chi connectivity index (χ0v) is 11.8. The van der Waals surface area contributed by atoms with E-state index in [9.17, 15) is 9.18 Å². The smallest absolute Gasteiger partial charge is 0.231 e. The second kappa shape index (κ2) is 4.59. The van der Waals surface area contributed by atoms with Gasteiger partial charge in [0.15, 0.2) is 16.9 Å². The summed E-state index contributed by atoms with van der Waals surface area (Å²) in [5, 5.41) is 0.450. The van der Waals surface area contributed by atoms with E-state index in [-0.39, 0.29) is 18.0 Å². The lowest BCUT2D eigenvalue weighted by molar-refractivity contribution is 0.175. The van der Waals surface area contributed by atoms with Crippen LogP contribution in [0.25, 0.3) is 22.2 Å². The average molecular weight is 297 g/mol. The van der Waals surface area contributed by atoms with Crippen LogP contribution < -0.4 is 14.9 Å². The lowest BCUT2D eigenvalue weighted by Gasteiger charge is -2.07. The molecule has 1 N–H and O–H groups in total. The molecule has 5 heteroatoms. The Labute approximate surface area is 125 Å². The molecule has 0 spiro atoms. The van der Waals surface area contributed by atoms with Crippen LogP contribution in [0.4, 0.5) is 4.39 Å². The molecule has 0 atom stereocenters. The Morgan fingerprint density at radius 3 is 2.82 bits per heavy atom. The van der Waals surface area contributed by atoms with Crippen molar-refractivity contribution in [1.82, 2.24) is 4.98 Å². The molecule has 3 aromatic rings. The van der Waals surface area contributed by atoms with Gasteiger partial charge >= 0.3 is 0 Å². The number of hydrogen-bond acceptors (Lipinski definition) is 3. The van der Waals surface area contributed by atoms with Gasteiger partial charge in [-0.2, -0.15) is 0 Å². The van der Waals surface area contributed by atoms with Gasteiger partial charge in [0.05, 0.1) is 10.9 Å². The van der Waals surface area contributed by atoms with Crippen molar-refractivity contribution in [2.24, 2.45) is 0 Å². The van der Waals surface area contributed by atoms with Crippen LogP contribution in [0, 0.1) is 12.7 Å². The van der Waals surface area contributed by atoms with Gasteiger partial charge in [-0.3, -0.25) is 4.79 Å². The first-order chi connectivity index (χ1) is 10.6. The fourth-order valence-electron chi connectivity index (χ4n) is 2.62. The Morgan fingerprint density at radius 2 is 2.00 bits per heavy atom. The van der Waals surface area contributed by atoms with Crippen molar-refractivity contribution in [2.75, 3.05) is 6.79 Å². The van der Waals surface area contributed by atoms with E-state index in [0.717, 1.165) is 0 Å². The Balaban J connectivity index is 1.96. The lowest BCUT2D eigenvalue weighted by Crippen LogP contribution is -2.04. The Hall–Kier alpha value is -2.82. The van der Waals surface area contributed by atoms with Crippen molar-refractivity contribution in [3.63, 3.8) is 0 Å². The number of fused-ring (bicyclic) bond motifs is 3. The van der Waals surface area contributed by atoms with Gasteiger partial charge in [0.25, 0.3) is 0 Å². The van der Waals surface area contributed by atoms with Crippen LogP contribution in [0.5, 0.6) is 11.5 Å². The minimum Gasteiger partial charge on any atom is -0.454 e. The topological polar surface area (TPSA) is 51.3 Å². The van der Waals surface area contributed by atoms with E-state index < -0.39 is 0 Å². The van der Waals surface area contributed by atoms with Crippen LogP contribution >= 0.6 is 0 Å². The summed E-state index contributed by atoms with van der Waals surface area (Å²) in [4.78, 5) is 15.6. The highest BCUT2D eigenvalue weighted by Gasteiger charge is 2.19. The number of aromatic nitrogens is 1. The number of H-pyrrole nitrogens is 1. The van der Waals surface area contributed by atoms with Crippen LogP contribution in [0.3, 0.4) is 0 Å². The van der Waals surface area contributed by atoms with Crippen molar-refractivity contribution >= 4 is 10.9 Å². The zero-order chi connectivity index (χ0) is 15.3. The lowest BCUT2D eigenvalue weighted by atomic mass is 10.1. The molecule has 1 aliphatic heterocycles. The van der Waals surface area contributed by atoms with Crippen molar-refractivity contribution < 1.29 is 13.9 Å². The summed E-state index contributed by atoms with van der Waals surface area (Å²) in [7, 11) is 0. The van der Waals surface area contributed by atoms with Gasteiger partial charge in [0.1, 0.15) is 5.82 Å². The summed E-state index contributed by atoms with van der Waals surface area (Å²) in [6, 6.07) is 9.85. The number of benzene rings is 2. The van der Waals surface area contributed by atoms with Gasteiger partial charge in [0.2, 0.25) is 6.79 Å². The fourth-order valence-corrected chi connectivity index (χ4v) is 2.62. The molecule has 22 heavy (non-hydrogen) atoms. The number of pyridine rings is 1. The molecule has 0 bridgehead atoms. The van der Waals surface area contributed by atoms with Crippen LogP contribution in [0.15, 0.2) is 41.2 Å². The Bertz CT molecular complexity index is 962. The molecule has 1 aliphatic rings. The van der Waals surface area contributed by atoms with E-state index >= 15 is 0 Å². The molecule has 1 aromatic heterocycles.